The van der Waals surface area contributed by atoms with Crippen molar-refractivity contribution < 1.29 is 14.6 Å². The fourth-order valence-corrected chi connectivity index (χ4v) is 4.84. The van der Waals surface area contributed by atoms with E-state index in [1.807, 2.05) is 24.3 Å². The van der Waals surface area contributed by atoms with Crippen LogP contribution in [0, 0.1) is 6.92 Å². The Kier molecular flexibility index (Phi) is 4.94. The number of aromatic nitrogens is 1. The van der Waals surface area contributed by atoms with Gasteiger partial charge in [0.25, 0.3) is 0 Å². The van der Waals surface area contributed by atoms with E-state index in [0.717, 1.165) is 37.4 Å². The summed E-state index contributed by atoms with van der Waals surface area (Å²) < 4.78 is 11.7. The molecule has 2 unspecified atom stereocenters. The molecule has 1 aromatic heterocycles. The number of rotatable bonds is 4. The summed E-state index contributed by atoms with van der Waals surface area (Å²) in [7, 11) is 0. The number of ether oxygens (including phenoxy) is 2. The van der Waals surface area contributed by atoms with E-state index in [9.17, 15) is 5.11 Å². The summed E-state index contributed by atoms with van der Waals surface area (Å²) in [6.45, 7) is 5.18. The molecular weight excluding hydrogens is 364 g/mol. The first kappa shape index (κ1) is 18.5. The summed E-state index contributed by atoms with van der Waals surface area (Å²) in [5.41, 5.74) is 3.99. The summed E-state index contributed by atoms with van der Waals surface area (Å²) in [6.07, 6.45) is 1.34. The summed E-state index contributed by atoms with van der Waals surface area (Å²) in [5, 5.41) is 12.1. The number of aromatic amines is 1. The molecule has 2 atom stereocenters. The van der Waals surface area contributed by atoms with Gasteiger partial charge in [-0.05, 0) is 62.5 Å². The fraction of sp³-hybridized carbons (Fsp3) is 0.417. The van der Waals surface area contributed by atoms with Crippen molar-refractivity contribution in [2.45, 2.75) is 37.9 Å². The number of aliphatic hydroxyl groups excluding tert-OH is 1. The zero-order valence-electron chi connectivity index (χ0n) is 16.8. The van der Waals surface area contributed by atoms with Crippen LogP contribution in [0.25, 0.3) is 10.9 Å². The average molecular weight is 392 g/mol. The smallest absolute Gasteiger partial charge is 0.161 e. The van der Waals surface area contributed by atoms with Crippen LogP contribution in [0.1, 0.15) is 30.0 Å². The van der Waals surface area contributed by atoms with Crippen molar-refractivity contribution in [3.8, 4) is 11.5 Å². The van der Waals surface area contributed by atoms with Crippen LogP contribution in [0.3, 0.4) is 0 Å². The molecule has 5 rings (SSSR count). The molecule has 29 heavy (non-hydrogen) atoms. The van der Waals surface area contributed by atoms with Crippen molar-refractivity contribution in [1.29, 1.82) is 0 Å². The molecule has 2 aliphatic rings. The number of nitrogens with one attached hydrogen (secondary N) is 1. The number of β-amino-alcohol motifs (C(OH)–C–C–N with tert-alkyl or cyclic N) is 1. The van der Waals surface area contributed by atoms with Crippen LogP contribution in [0.15, 0.2) is 48.5 Å². The second-order valence-electron chi connectivity index (χ2n) is 8.27. The third-order valence-electron chi connectivity index (χ3n) is 6.34. The lowest BCUT2D eigenvalue weighted by Gasteiger charge is -2.36. The largest absolute Gasteiger partial charge is 0.486 e. The molecule has 5 heteroatoms. The number of piperidine rings is 1. The third kappa shape index (κ3) is 3.61. The molecule has 2 aliphatic heterocycles. The lowest BCUT2D eigenvalue weighted by atomic mass is 9.87. The maximum atomic E-state index is 10.7. The SMILES string of the molecule is Cc1[nH]c2ccccc2c1C1CCN(CC(O)C2COc3ccccc3O2)CC1. The molecule has 0 amide bonds. The van der Waals surface area contributed by atoms with E-state index in [1.165, 1.54) is 22.2 Å². The van der Waals surface area contributed by atoms with Crippen LogP contribution in [-0.4, -0.2) is 53.4 Å². The van der Waals surface area contributed by atoms with Gasteiger partial charge in [-0.1, -0.05) is 30.3 Å². The van der Waals surface area contributed by atoms with Crippen LogP contribution in [0.5, 0.6) is 11.5 Å². The molecule has 152 valence electrons. The Labute approximate surface area is 171 Å². The van der Waals surface area contributed by atoms with Gasteiger partial charge in [-0.2, -0.15) is 0 Å². The van der Waals surface area contributed by atoms with Crippen molar-refractivity contribution in [3.05, 3.63) is 59.8 Å². The van der Waals surface area contributed by atoms with Crippen LogP contribution in [0.4, 0.5) is 0 Å². The van der Waals surface area contributed by atoms with Crippen molar-refractivity contribution in [2.24, 2.45) is 0 Å². The van der Waals surface area contributed by atoms with E-state index in [-0.39, 0.29) is 6.10 Å². The highest BCUT2D eigenvalue weighted by Crippen LogP contribution is 2.36. The second-order valence-corrected chi connectivity index (χ2v) is 8.27. The van der Waals surface area contributed by atoms with Gasteiger partial charge in [0.2, 0.25) is 0 Å². The van der Waals surface area contributed by atoms with E-state index >= 15 is 0 Å². The van der Waals surface area contributed by atoms with Crippen molar-refractivity contribution >= 4 is 10.9 Å². The second kappa shape index (κ2) is 7.73. The molecule has 3 heterocycles. The number of aryl methyl sites for hydroxylation is 1. The van der Waals surface area contributed by atoms with Gasteiger partial charge < -0.3 is 24.5 Å². The summed E-state index contributed by atoms with van der Waals surface area (Å²) >= 11 is 0. The number of nitrogens with zero attached hydrogens (tertiary/aromatic N) is 1. The monoisotopic (exact) mass is 392 g/mol. The molecule has 0 radical (unpaired) electrons. The Bertz CT molecular complexity index is 991. The minimum Gasteiger partial charge on any atom is -0.486 e. The Morgan fingerprint density at radius 1 is 1.07 bits per heavy atom. The summed E-state index contributed by atoms with van der Waals surface area (Å²) in [4.78, 5) is 5.89. The van der Waals surface area contributed by atoms with Crippen LogP contribution >= 0.6 is 0 Å². The average Bonchev–Trinajstić information content (AvgIpc) is 3.09. The molecule has 0 saturated carbocycles. The van der Waals surface area contributed by atoms with Gasteiger partial charge in [0.15, 0.2) is 17.6 Å². The minimum absolute atomic E-state index is 0.321. The van der Waals surface area contributed by atoms with E-state index in [0.29, 0.717) is 19.1 Å². The van der Waals surface area contributed by atoms with Gasteiger partial charge in [0.1, 0.15) is 12.7 Å². The number of hydrogen-bond acceptors (Lipinski definition) is 4. The molecule has 0 aliphatic carbocycles. The Balaban J connectivity index is 1.20. The highest BCUT2D eigenvalue weighted by Gasteiger charge is 2.31. The number of likely N-dealkylation sites (tertiary alicyclic amines) is 1. The van der Waals surface area contributed by atoms with Crippen molar-refractivity contribution in [2.75, 3.05) is 26.2 Å². The molecular formula is C24H28N2O3. The van der Waals surface area contributed by atoms with Crippen molar-refractivity contribution in [1.82, 2.24) is 9.88 Å². The minimum atomic E-state index is -0.560. The summed E-state index contributed by atoms with van der Waals surface area (Å²) in [5.74, 6) is 2.04. The van der Waals surface area contributed by atoms with E-state index in [1.54, 1.807) is 0 Å². The molecule has 2 aromatic carbocycles. The first-order valence-electron chi connectivity index (χ1n) is 10.5. The molecule has 0 spiro atoms. The van der Waals surface area contributed by atoms with Crippen LogP contribution in [-0.2, 0) is 0 Å². The van der Waals surface area contributed by atoms with Gasteiger partial charge in [0.05, 0.1) is 0 Å². The highest BCUT2D eigenvalue weighted by molar-refractivity contribution is 5.85. The lowest BCUT2D eigenvalue weighted by Crippen LogP contribution is -2.47. The van der Waals surface area contributed by atoms with Crippen LogP contribution in [0.2, 0.25) is 0 Å². The van der Waals surface area contributed by atoms with Crippen LogP contribution < -0.4 is 9.47 Å². The predicted molar refractivity (Wildman–Crippen MR) is 114 cm³/mol. The van der Waals surface area contributed by atoms with Gasteiger partial charge in [-0.3, -0.25) is 0 Å². The Morgan fingerprint density at radius 3 is 2.62 bits per heavy atom. The lowest BCUT2D eigenvalue weighted by molar-refractivity contribution is -0.0280. The zero-order chi connectivity index (χ0) is 19.8. The molecule has 5 nitrogen and oxygen atoms in total. The normalized spacial score (nSPS) is 21.4. The fourth-order valence-electron chi connectivity index (χ4n) is 4.84. The number of H-pyrrole nitrogens is 1. The zero-order valence-corrected chi connectivity index (χ0v) is 16.8. The molecule has 0 bridgehead atoms. The van der Waals surface area contributed by atoms with Gasteiger partial charge in [-0.25, -0.2) is 0 Å². The standard InChI is InChI=1S/C24H28N2O3/c1-16-24(18-6-2-3-7-19(18)25-16)17-10-12-26(13-11-17)14-20(27)23-15-28-21-8-4-5-9-22(21)29-23/h2-9,17,20,23,25,27H,10-15H2,1H3. The topological polar surface area (TPSA) is 57.7 Å². The molecule has 3 aromatic rings. The van der Waals surface area contributed by atoms with Gasteiger partial charge in [0, 0.05) is 23.1 Å². The number of fused-ring (bicyclic) bond motifs is 2. The highest BCUT2D eigenvalue weighted by atomic mass is 16.6. The number of benzene rings is 2. The summed E-state index contributed by atoms with van der Waals surface area (Å²) in [6, 6.07) is 16.2. The maximum absolute atomic E-state index is 10.7. The van der Waals surface area contributed by atoms with E-state index in [2.05, 4.69) is 41.1 Å². The quantitative estimate of drug-likeness (QED) is 0.708. The van der Waals surface area contributed by atoms with E-state index in [4.69, 9.17) is 9.47 Å². The Morgan fingerprint density at radius 2 is 1.79 bits per heavy atom. The Hall–Kier alpha value is -2.50. The van der Waals surface area contributed by atoms with Gasteiger partial charge >= 0.3 is 0 Å². The third-order valence-corrected chi connectivity index (χ3v) is 6.34. The predicted octanol–water partition coefficient (Wildman–Crippen LogP) is 3.86. The van der Waals surface area contributed by atoms with Crippen molar-refractivity contribution in [3.63, 3.8) is 0 Å². The maximum Gasteiger partial charge on any atom is 0.161 e. The first-order chi connectivity index (χ1) is 14.2. The first-order valence-corrected chi connectivity index (χ1v) is 10.5. The number of hydrogen-bond donors (Lipinski definition) is 2. The molecule has 1 saturated heterocycles. The molecule has 1 fully saturated rings. The molecule has 2 N–H and O–H groups in total. The van der Waals surface area contributed by atoms with Gasteiger partial charge in [-0.15, -0.1) is 0 Å². The number of aliphatic hydroxyl groups is 1. The van der Waals surface area contributed by atoms with E-state index < -0.39 is 6.10 Å². The number of para-hydroxylation sites is 3.